The van der Waals surface area contributed by atoms with Crippen LogP contribution in [0.25, 0.3) is 22.3 Å². The van der Waals surface area contributed by atoms with Crippen molar-refractivity contribution in [1.29, 1.82) is 0 Å². The Bertz CT molecular complexity index is 3880. The van der Waals surface area contributed by atoms with Crippen molar-refractivity contribution >= 4 is 68.6 Å². The summed E-state index contributed by atoms with van der Waals surface area (Å²) >= 11 is 0. The molecule has 8 aromatic carbocycles. The van der Waals surface area contributed by atoms with Gasteiger partial charge >= 0.3 is 0 Å². The Morgan fingerprint density at radius 2 is 0.928 bits per heavy atom. The first-order valence-electron chi connectivity index (χ1n) is 31.3. The molecule has 0 bridgehead atoms. The van der Waals surface area contributed by atoms with Gasteiger partial charge in [-0.05, 0) is 179 Å². The molecule has 424 valence electrons. The maximum atomic E-state index is 2.95. The van der Waals surface area contributed by atoms with Gasteiger partial charge in [-0.1, -0.05) is 235 Å². The zero-order valence-electron chi connectivity index (χ0n) is 53.7. The third-order valence-electron chi connectivity index (χ3n) is 21.0. The Morgan fingerprint density at radius 3 is 1.51 bits per heavy atom. The highest BCUT2D eigenvalue weighted by Gasteiger charge is 2.62. The summed E-state index contributed by atoms with van der Waals surface area (Å²) in [5, 5.41) is 0. The van der Waals surface area contributed by atoms with E-state index in [-0.39, 0.29) is 50.2 Å². The van der Waals surface area contributed by atoms with Gasteiger partial charge in [-0.3, -0.25) is 0 Å². The van der Waals surface area contributed by atoms with Crippen LogP contribution in [-0.4, -0.2) is 12.3 Å². The van der Waals surface area contributed by atoms with Crippen molar-refractivity contribution in [2.75, 3.05) is 14.7 Å². The van der Waals surface area contributed by atoms with E-state index in [0.29, 0.717) is 0 Å². The van der Waals surface area contributed by atoms with Crippen LogP contribution in [0.15, 0.2) is 152 Å². The van der Waals surface area contributed by atoms with Crippen LogP contribution in [0.4, 0.5) is 45.5 Å². The normalized spacial score (nSPS) is 19.4. The van der Waals surface area contributed by atoms with Gasteiger partial charge in [-0.2, -0.15) is 0 Å². The van der Waals surface area contributed by atoms with Gasteiger partial charge in [0, 0.05) is 50.5 Å². The van der Waals surface area contributed by atoms with E-state index >= 15 is 0 Å². The van der Waals surface area contributed by atoms with Crippen LogP contribution in [0.3, 0.4) is 0 Å². The second kappa shape index (κ2) is 18.1. The van der Waals surface area contributed by atoms with Gasteiger partial charge in [0.2, 0.25) is 0 Å². The molecule has 3 nitrogen and oxygen atoms in total. The summed E-state index contributed by atoms with van der Waals surface area (Å²) in [4.78, 5) is 8.28. The predicted molar refractivity (Wildman–Crippen MR) is 360 cm³/mol. The summed E-state index contributed by atoms with van der Waals surface area (Å²) in [6.07, 6.45) is 4.73. The predicted octanol–water partition coefficient (Wildman–Crippen LogP) is 20.0. The van der Waals surface area contributed by atoms with Crippen LogP contribution in [-0.2, 0) is 37.9 Å². The molecule has 1 saturated carbocycles. The van der Waals surface area contributed by atoms with Gasteiger partial charge in [0.15, 0.2) is 0 Å². The highest BCUT2D eigenvalue weighted by atomic mass is 15.3. The molecule has 3 heterocycles. The molecule has 0 amide bonds. The molecule has 1 fully saturated rings. The van der Waals surface area contributed by atoms with Crippen LogP contribution >= 0.6 is 0 Å². The van der Waals surface area contributed by atoms with Crippen molar-refractivity contribution in [3.05, 3.63) is 196 Å². The van der Waals surface area contributed by atoms with E-state index in [1.165, 1.54) is 125 Å². The van der Waals surface area contributed by atoms with Crippen LogP contribution in [0, 0.1) is 0 Å². The molecule has 3 aliphatic heterocycles. The molecule has 0 saturated heterocycles. The molecule has 2 aliphatic carbocycles. The molecule has 4 heteroatoms. The van der Waals surface area contributed by atoms with E-state index in [2.05, 4.69) is 298 Å². The lowest BCUT2D eigenvalue weighted by atomic mass is 9.32. The van der Waals surface area contributed by atoms with Crippen LogP contribution < -0.4 is 31.1 Å². The first-order valence-corrected chi connectivity index (χ1v) is 31.3. The van der Waals surface area contributed by atoms with E-state index in [0.717, 1.165) is 24.2 Å². The summed E-state index contributed by atoms with van der Waals surface area (Å²) in [5.41, 5.74) is 30.1. The average molecular weight is 1090 g/mol. The largest absolute Gasteiger partial charge is 0.335 e. The van der Waals surface area contributed by atoms with Crippen molar-refractivity contribution in [3.63, 3.8) is 0 Å². The summed E-state index contributed by atoms with van der Waals surface area (Å²) in [5.74, 6) is 0. The molecule has 5 aliphatic rings. The third kappa shape index (κ3) is 8.32. The maximum absolute atomic E-state index is 2.95. The van der Waals surface area contributed by atoms with Crippen molar-refractivity contribution < 1.29 is 0 Å². The number of anilines is 8. The molecule has 0 aromatic heterocycles. The second-order valence-corrected chi connectivity index (χ2v) is 31.9. The summed E-state index contributed by atoms with van der Waals surface area (Å²) in [6, 6.07) is 60.8. The summed E-state index contributed by atoms with van der Waals surface area (Å²) in [7, 11) is 0. The molecule has 2 atom stereocenters. The SMILES string of the molecule is CC(C)(C)c1ccc(N(c2ccc(C(C)(C)C)cc2)c2cc3c4c(c2)N2c5c(cc(C(C)(C)C)cc5C5(C)CCCCC25C)B4c2c(ccc4c2C(C)(C)c2ccc(C(C)(C)C)cc2-4)N3c2ccc(C(C)(C)C)cc2-c2ccccc2)cc1. The van der Waals surface area contributed by atoms with Gasteiger partial charge in [0.25, 0.3) is 6.71 Å². The van der Waals surface area contributed by atoms with E-state index in [9.17, 15) is 0 Å². The molecular weight excluding hydrogens is 1000 g/mol. The first-order chi connectivity index (χ1) is 38.8. The Morgan fingerprint density at radius 1 is 0.410 bits per heavy atom. The highest BCUT2D eigenvalue weighted by Crippen LogP contribution is 2.64. The standard InChI is InChI=1S/C79H90BN3/c1-72(2,3)50-27-33-55(34-28-50)81(56-35-29-51(30-36-56)73(4,5)6)57-47-66-69-67(48-57)83-71-62(78(18)41-23-24-42-79(78,83)19)45-54(76(13,14)15)46-63(71)80(69)70-65(40-37-58-60-44-52(74(7,8)9)31-38-61(60)77(16,17)68(58)70)82(66)64-39-32-53(75(10,11)12)43-59(64)49-25-21-20-22-26-49/h20-22,25-40,43-48H,23-24,41-42H2,1-19H3. The third-order valence-corrected chi connectivity index (χ3v) is 21.0. The Balaban J connectivity index is 1.21. The van der Waals surface area contributed by atoms with Crippen LogP contribution in [0.2, 0.25) is 0 Å². The second-order valence-electron chi connectivity index (χ2n) is 31.9. The van der Waals surface area contributed by atoms with Gasteiger partial charge in [0.05, 0.1) is 16.9 Å². The topological polar surface area (TPSA) is 9.72 Å². The first kappa shape index (κ1) is 55.4. The van der Waals surface area contributed by atoms with Crippen LogP contribution in [0.5, 0.6) is 0 Å². The van der Waals surface area contributed by atoms with Crippen molar-refractivity contribution in [2.24, 2.45) is 0 Å². The smallest absolute Gasteiger partial charge is 0.252 e. The zero-order valence-corrected chi connectivity index (χ0v) is 53.7. The molecule has 0 spiro atoms. The van der Waals surface area contributed by atoms with E-state index in [1.54, 1.807) is 5.56 Å². The van der Waals surface area contributed by atoms with E-state index < -0.39 is 0 Å². The van der Waals surface area contributed by atoms with Crippen molar-refractivity contribution in [1.82, 2.24) is 0 Å². The fraction of sp³-hybridized carbons (Fsp3) is 0.392. The number of hydrogen-bond donors (Lipinski definition) is 0. The van der Waals surface area contributed by atoms with Crippen LogP contribution in [0.1, 0.15) is 202 Å². The lowest BCUT2D eigenvalue weighted by Crippen LogP contribution is -2.65. The minimum atomic E-state index is -0.294. The summed E-state index contributed by atoms with van der Waals surface area (Å²) in [6.45, 7) is 45.7. The van der Waals surface area contributed by atoms with Gasteiger partial charge in [-0.25, -0.2) is 0 Å². The number of hydrogen-bond acceptors (Lipinski definition) is 3. The molecule has 0 radical (unpaired) electrons. The monoisotopic (exact) mass is 1090 g/mol. The average Bonchev–Trinajstić information content (AvgIpc) is 3.98. The van der Waals surface area contributed by atoms with Crippen molar-refractivity contribution in [2.45, 2.75) is 201 Å². The lowest BCUT2D eigenvalue weighted by molar-refractivity contribution is 0.195. The molecule has 8 aromatic rings. The highest BCUT2D eigenvalue weighted by molar-refractivity contribution is 7.00. The lowest BCUT2D eigenvalue weighted by Gasteiger charge is -2.53. The number of benzene rings is 8. The van der Waals surface area contributed by atoms with Crippen molar-refractivity contribution in [3.8, 4) is 22.3 Å². The Hall–Kier alpha value is -6.78. The number of fused-ring (bicyclic) bond motifs is 11. The molecule has 2 unspecified atom stereocenters. The van der Waals surface area contributed by atoms with Gasteiger partial charge in [0.1, 0.15) is 0 Å². The Kier molecular flexibility index (Phi) is 12.1. The minimum absolute atomic E-state index is 0.00641. The molecule has 0 N–H and O–H groups in total. The Labute approximate surface area is 499 Å². The molecule has 83 heavy (non-hydrogen) atoms. The quantitative estimate of drug-likeness (QED) is 0.159. The fourth-order valence-corrected chi connectivity index (χ4v) is 15.8. The number of rotatable bonds is 5. The van der Waals surface area contributed by atoms with E-state index in [4.69, 9.17) is 0 Å². The number of nitrogens with zero attached hydrogens (tertiary/aromatic N) is 3. The van der Waals surface area contributed by atoms with E-state index in [1.807, 2.05) is 0 Å². The van der Waals surface area contributed by atoms with Gasteiger partial charge < -0.3 is 14.7 Å². The molecular formula is C79H90BN3. The minimum Gasteiger partial charge on any atom is -0.335 e. The maximum Gasteiger partial charge on any atom is 0.252 e. The molecule has 13 rings (SSSR count). The van der Waals surface area contributed by atoms with Gasteiger partial charge in [-0.15, -0.1) is 0 Å². The summed E-state index contributed by atoms with van der Waals surface area (Å²) < 4.78 is 0. The zero-order chi connectivity index (χ0) is 59.1. The fourth-order valence-electron chi connectivity index (χ4n) is 15.8.